The highest BCUT2D eigenvalue weighted by molar-refractivity contribution is 5.92. The van der Waals surface area contributed by atoms with Gasteiger partial charge in [-0.25, -0.2) is 0 Å². The van der Waals surface area contributed by atoms with Crippen molar-refractivity contribution >= 4 is 23.5 Å². The van der Waals surface area contributed by atoms with Gasteiger partial charge in [-0.05, 0) is 37.3 Å². The molecule has 2 heterocycles. The van der Waals surface area contributed by atoms with Crippen LogP contribution in [0.25, 0.3) is 11.3 Å². The molecule has 0 radical (unpaired) electrons. The number of carbonyl (C=O) groups excluding carboxylic acids is 3. The molecule has 0 saturated carbocycles. The molecular formula is C23H28N2O5. The van der Waals surface area contributed by atoms with Gasteiger partial charge in [0.25, 0.3) is 0 Å². The van der Waals surface area contributed by atoms with Crippen molar-refractivity contribution in [3.05, 3.63) is 41.7 Å². The van der Waals surface area contributed by atoms with Crippen LogP contribution < -0.4 is 5.32 Å². The summed E-state index contributed by atoms with van der Waals surface area (Å²) in [5, 5.41) is 2.77. The fourth-order valence-electron chi connectivity index (χ4n) is 3.42. The number of benzene rings is 1. The first-order chi connectivity index (χ1) is 14.4. The third-order valence-corrected chi connectivity index (χ3v) is 4.99. The Morgan fingerprint density at radius 3 is 2.57 bits per heavy atom. The van der Waals surface area contributed by atoms with Gasteiger partial charge in [0, 0.05) is 48.7 Å². The Balaban J connectivity index is 1.60. The topological polar surface area (TPSA) is 88.8 Å². The molecule has 0 atom stereocenters. The van der Waals surface area contributed by atoms with E-state index in [2.05, 4.69) is 5.32 Å². The van der Waals surface area contributed by atoms with E-state index in [1.54, 1.807) is 19.1 Å². The maximum Gasteiger partial charge on any atom is 0.306 e. The lowest BCUT2D eigenvalue weighted by molar-refractivity contribution is -0.144. The largest absolute Gasteiger partial charge is 0.466 e. The fraction of sp³-hybridized carbons (Fsp3) is 0.435. The van der Waals surface area contributed by atoms with Gasteiger partial charge in [0.15, 0.2) is 0 Å². The number of amides is 2. The van der Waals surface area contributed by atoms with Gasteiger partial charge in [-0.3, -0.25) is 14.4 Å². The van der Waals surface area contributed by atoms with E-state index in [1.165, 1.54) is 0 Å². The van der Waals surface area contributed by atoms with Crippen molar-refractivity contribution in [1.82, 2.24) is 4.90 Å². The van der Waals surface area contributed by atoms with Gasteiger partial charge in [-0.2, -0.15) is 0 Å². The minimum absolute atomic E-state index is 0.0158. The molecule has 0 unspecified atom stereocenters. The fourth-order valence-corrected chi connectivity index (χ4v) is 3.42. The predicted octanol–water partition coefficient (Wildman–Crippen LogP) is 3.77. The number of carbonyl (C=O) groups is 3. The summed E-state index contributed by atoms with van der Waals surface area (Å²) < 4.78 is 10.8. The molecule has 0 spiro atoms. The number of furan rings is 1. The first-order valence-corrected chi connectivity index (χ1v) is 10.3. The lowest BCUT2D eigenvalue weighted by Gasteiger charge is -2.27. The number of esters is 1. The lowest BCUT2D eigenvalue weighted by atomic mass is 10.1. The average Bonchev–Trinajstić information content (AvgIpc) is 3.15. The minimum Gasteiger partial charge on any atom is -0.466 e. The summed E-state index contributed by atoms with van der Waals surface area (Å²) >= 11 is 0. The van der Waals surface area contributed by atoms with Gasteiger partial charge >= 0.3 is 5.97 Å². The third-order valence-electron chi connectivity index (χ3n) is 4.99. The second kappa shape index (κ2) is 9.61. The maximum absolute atomic E-state index is 12.3. The first kappa shape index (κ1) is 21.6. The molecule has 1 aliphatic rings. The van der Waals surface area contributed by atoms with Crippen LogP contribution in [0.1, 0.15) is 44.9 Å². The summed E-state index contributed by atoms with van der Waals surface area (Å²) in [5.74, 6) is 1.20. The third kappa shape index (κ3) is 5.28. The van der Waals surface area contributed by atoms with Crippen molar-refractivity contribution < 1.29 is 23.5 Å². The first-order valence-electron chi connectivity index (χ1n) is 10.3. The Labute approximate surface area is 176 Å². The Bertz CT molecular complexity index is 914. The molecule has 7 heteroatoms. The van der Waals surface area contributed by atoms with Crippen LogP contribution in [0, 0.1) is 5.92 Å². The lowest BCUT2D eigenvalue weighted by Crippen LogP contribution is -2.37. The average molecular weight is 412 g/mol. The molecule has 2 amide bonds. The molecular weight excluding hydrogens is 384 g/mol. The van der Waals surface area contributed by atoms with Crippen LogP contribution in [0.3, 0.4) is 0 Å². The highest BCUT2D eigenvalue weighted by atomic mass is 16.5. The second-order valence-electron chi connectivity index (χ2n) is 7.65. The zero-order valence-corrected chi connectivity index (χ0v) is 17.7. The van der Waals surface area contributed by atoms with Crippen molar-refractivity contribution in [3.63, 3.8) is 0 Å². The Morgan fingerprint density at radius 2 is 1.90 bits per heavy atom. The van der Waals surface area contributed by atoms with Crippen LogP contribution in [0.15, 0.2) is 34.7 Å². The number of rotatable bonds is 7. The summed E-state index contributed by atoms with van der Waals surface area (Å²) in [6, 6.07) is 9.34. The van der Waals surface area contributed by atoms with Crippen molar-refractivity contribution in [3.8, 4) is 11.3 Å². The molecule has 0 bridgehead atoms. The number of ether oxygens (including phenoxy) is 1. The normalized spacial score (nSPS) is 13.1. The second-order valence-corrected chi connectivity index (χ2v) is 7.65. The predicted molar refractivity (Wildman–Crippen MR) is 113 cm³/mol. The number of hydrogen-bond donors (Lipinski definition) is 1. The van der Waals surface area contributed by atoms with Crippen LogP contribution in [-0.2, 0) is 32.1 Å². The molecule has 0 saturated heterocycles. The number of nitrogens with zero attached hydrogens (tertiary/aromatic N) is 1. The standard InChI is InChI=1S/C23H28N2O5/c1-4-29-22(27)10-9-21(26)24-18-7-5-16(6-8-18)20-13-17-14-25(23(28)15(2)3)12-11-19(17)30-20/h5-8,13,15H,4,9-12,14H2,1-3H3,(H,24,26). The van der Waals surface area contributed by atoms with Crippen molar-refractivity contribution in [1.29, 1.82) is 0 Å². The minimum atomic E-state index is -0.376. The van der Waals surface area contributed by atoms with Crippen LogP contribution in [-0.4, -0.2) is 35.8 Å². The van der Waals surface area contributed by atoms with Crippen LogP contribution in [0.5, 0.6) is 0 Å². The Morgan fingerprint density at radius 1 is 1.17 bits per heavy atom. The van der Waals surface area contributed by atoms with E-state index in [1.807, 2.05) is 36.9 Å². The quantitative estimate of drug-likeness (QED) is 0.700. The molecule has 1 N–H and O–H groups in total. The number of nitrogens with one attached hydrogen (secondary N) is 1. The molecule has 1 aliphatic heterocycles. The molecule has 2 aromatic rings. The Kier molecular flexibility index (Phi) is 6.92. The van der Waals surface area contributed by atoms with Gasteiger partial charge in [0.05, 0.1) is 13.0 Å². The number of fused-ring (bicyclic) bond motifs is 1. The highest BCUT2D eigenvalue weighted by Crippen LogP contribution is 2.30. The molecule has 1 aromatic carbocycles. The van der Waals surface area contributed by atoms with E-state index in [-0.39, 0.29) is 36.5 Å². The summed E-state index contributed by atoms with van der Waals surface area (Å²) in [6.07, 6.45) is 0.853. The van der Waals surface area contributed by atoms with Gasteiger partial charge in [-0.1, -0.05) is 13.8 Å². The summed E-state index contributed by atoms with van der Waals surface area (Å²) in [5.41, 5.74) is 2.59. The van der Waals surface area contributed by atoms with Crippen LogP contribution in [0.2, 0.25) is 0 Å². The van der Waals surface area contributed by atoms with E-state index in [0.29, 0.717) is 31.8 Å². The van der Waals surface area contributed by atoms with Gasteiger partial charge in [0.2, 0.25) is 11.8 Å². The SMILES string of the molecule is CCOC(=O)CCC(=O)Nc1ccc(-c2cc3c(o2)CCN(C(=O)C(C)C)C3)cc1. The molecule has 30 heavy (non-hydrogen) atoms. The van der Waals surface area contributed by atoms with Crippen molar-refractivity contribution in [2.45, 2.75) is 46.6 Å². The molecule has 0 fully saturated rings. The van der Waals surface area contributed by atoms with E-state index < -0.39 is 0 Å². The van der Waals surface area contributed by atoms with E-state index in [4.69, 9.17) is 9.15 Å². The van der Waals surface area contributed by atoms with E-state index in [0.717, 1.165) is 22.6 Å². The van der Waals surface area contributed by atoms with Crippen LogP contribution >= 0.6 is 0 Å². The van der Waals surface area contributed by atoms with Crippen LogP contribution in [0.4, 0.5) is 5.69 Å². The van der Waals surface area contributed by atoms with Crippen molar-refractivity contribution in [2.75, 3.05) is 18.5 Å². The van der Waals surface area contributed by atoms with E-state index in [9.17, 15) is 14.4 Å². The zero-order valence-electron chi connectivity index (χ0n) is 17.7. The Hall–Kier alpha value is -3.09. The van der Waals surface area contributed by atoms with Gasteiger partial charge in [-0.15, -0.1) is 0 Å². The zero-order chi connectivity index (χ0) is 21.7. The number of anilines is 1. The maximum atomic E-state index is 12.3. The van der Waals surface area contributed by atoms with Gasteiger partial charge in [0.1, 0.15) is 11.5 Å². The van der Waals surface area contributed by atoms with Crippen molar-refractivity contribution in [2.24, 2.45) is 5.92 Å². The molecule has 3 rings (SSSR count). The van der Waals surface area contributed by atoms with E-state index >= 15 is 0 Å². The highest BCUT2D eigenvalue weighted by Gasteiger charge is 2.25. The molecule has 160 valence electrons. The summed E-state index contributed by atoms with van der Waals surface area (Å²) in [7, 11) is 0. The molecule has 0 aliphatic carbocycles. The van der Waals surface area contributed by atoms with Gasteiger partial charge < -0.3 is 19.4 Å². The number of hydrogen-bond acceptors (Lipinski definition) is 5. The smallest absolute Gasteiger partial charge is 0.306 e. The summed E-state index contributed by atoms with van der Waals surface area (Å²) in [4.78, 5) is 37.5. The molecule has 7 nitrogen and oxygen atoms in total. The molecule has 1 aromatic heterocycles. The summed E-state index contributed by atoms with van der Waals surface area (Å²) in [6.45, 7) is 7.12. The monoisotopic (exact) mass is 412 g/mol.